The molecule has 1 amide bonds. The van der Waals surface area contributed by atoms with Crippen molar-refractivity contribution in [1.82, 2.24) is 24.5 Å². The number of halogens is 4. The van der Waals surface area contributed by atoms with E-state index in [1.54, 1.807) is 23.0 Å². The lowest BCUT2D eigenvalue weighted by atomic mass is 10.1. The van der Waals surface area contributed by atoms with Crippen molar-refractivity contribution < 1.29 is 18.0 Å². The van der Waals surface area contributed by atoms with Gasteiger partial charge in [-0.1, -0.05) is 12.1 Å². The Kier molecular flexibility index (Phi) is 5.67. The third-order valence-corrected chi connectivity index (χ3v) is 6.09. The normalized spacial score (nSPS) is 14.0. The van der Waals surface area contributed by atoms with Crippen LogP contribution in [-0.2, 0) is 24.1 Å². The fourth-order valence-corrected chi connectivity index (χ4v) is 4.26. The van der Waals surface area contributed by atoms with Crippen LogP contribution in [0.1, 0.15) is 41.3 Å². The second-order valence-electron chi connectivity index (χ2n) is 8.41. The van der Waals surface area contributed by atoms with Crippen LogP contribution in [0.4, 0.5) is 18.9 Å². The van der Waals surface area contributed by atoms with Crippen LogP contribution in [0.15, 0.2) is 47.2 Å². The number of carbonyl (C=O) groups is 1. The summed E-state index contributed by atoms with van der Waals surface area (Å²) in [6.07, 6.45) is 0.669. The first-order valence-corrected chi connectivity index (χ1v) is 11.5. The van der Waals surface area contributed by atoms with E-state index in [0.717, 1.165) is 28.9 Å². The zero-order valence-electron chi connectivity index (χ0n) is 18.1. The van der Waals surface area contributed by atoms with Crippen LogP contribution >= 0.6 is 15.9 Å². The highest BCUT2D eigenvalue weighted by atomic mass is 79.9. The minimum Gasteiger partial charge on any atom is -0.324 e. The number of aryl methyl sites for hydroxylation is 1. The van der Waals surface area contributed by atoms with Crippen molar-refractivity contribution in [3.8, 4) is 0 Å². The Morgan fingerprint density at radius 2 is 1.97 bits per heavy atom. The summed E-state index contributed by atoms with van der Waals surface area (Å²) < 4.78 is 45.1. The monoisotopic (exact) mass is 532 g/mol. The molecule has 0 radical (unpaired) electrons. The molecule has 176 valence electrons. The molecule has 1 aromatic carbocycles. The molecule has 0 saturated heterocycles. The number of pyridine rings is 1. The Morgan fingerprint density at radius 1 is 1.24 bits per heavy atom. The first-order valence-electron chi connectivity index (χ1n) is 10.7. The van der Waals surface area contributed by atoms with E-state index in [4.69, 9.17) is 0 Å². The molecule has 11 heteroatoms. The average Bonchev–Trinajstić information content (AvgIpc) is 3.48. The standard InChI is InChI=1S/C23H20BrF3N6O/c1-13-21-18(23(25,26)27)8-19(15-4-5-15)30-22(21)33(31-13)12-20(34)29-17-6-2-14(3-7-17)10-32-11-16(24)9-28-32/h2-3,6-9,11,15H,4-5,10,12H2,1H3,(H,29,34). The Hall–Kier alpha value is -3.21. The van der Waals surface area contributed by atoms with Gasteiger partial charge in [0.2, 0.25) is 5.91 Å². The number of hydrogen-bond acceptors (Lipinski definition) is 4. The molecule has 0 unspecified atom stereocenters. The molecule has 0 bridgehead atoms. The van der Waals surface area contributed by atoms with Crippen molar-refractivity contribution in [2.75, 3.05) is 5.32 Å². The number of alkyl halides is 3. The highest BCUT2D eigenvalue weighted by Gasteiger charge is 2.37. The van der Waals surface area contributed by atoms with Crippen molar-refractivity contribution >= 4 is 38.6 Å². The molecule has 0 spiro atoms. The molecule has 1 fully saturated rings. The summed E-state index contributed by atoms with van der Waals surface area (Å²) in [6.45, 7) is 1.84. The fourth-order valence-electron chi connectivity index (χ4n) is 3.94. The fraction of sp³-hybridized carbons (Fsp3) is 0.304. The summed E-state index contributed by atoms with van der Waals surface area (Å²) >= 11 is 3.36. The van der Waals surface area contributed by atoms with Crippen LogP contribution in [0.25, 0.3) is 11.0 Å². The van der Waals surface area contributed by atoms with Gasteiger partial charge in [-0.05, 0) is 59.5 Å². The summed E-state index contributed by atoms with van der Waals surface area (Å²) in [5.41, 5.74) is 1.51. The van der Waals surface area contributed by atoms with Crippen molar-refractivity contribution in [3.05, 3.63) is 69.7 Å². The number of carbonyl (C=O) groups excluding carboxylic acids is 1. The molecule has 5 rings (SSSR count). The van der Waals surface area contributed by atoms with Crippen LogP contribution in [0.5, 0.6) is 0 Å². The zero-order chi connectivity index (χ0) is 24.0. The number of hydrogen-bond donors (Lipinski definition) is 1. The van der Waals surface area contributed by atoms with Crippen LogP contribution in [0.2, 0.25) is 0 Å². The second-order valence-corrected chi connectivity index (χ2v) is 9.33. The summed E-state index contributed by atoms with van der Waals surface area (Å²) in [4.78, 5) is 17.1. The number of rotatable bonds is 6. The zero-order valence-corrected chi connectivity index (χ0v) is 19.7. The molecule has 1 aliphatic rings. The third-order valence-electron chi connectivity index (χ3n) is 5.68. The average molecular weight is 533 g/mol. The quantitative estimate of drug-likeness (QED) is 0.366. The van der Waals surface area contributed by atoms with Crippen molar-refractivity contribution in [2.24, 2.45) is 0 Å². The maximum absolute atomic E-state index is 13.7. The first kappa shape index (κ1) is 22.6. The predicted octanol–water partition coefficient (Wildman–Crippen LogP) is 5.28. The maximum Gasteiger partial charge on any atom is 0.417 e. The minimum atomic E-state index is -4.53. The largest absolute Gasteiger partial charge is 0.417 e. The molecule has 7 nitrogen and oxygen atoms in total. The van der Waals surface area contributed by atoms with Gasteiger partial charge in [0.1, 0.15) is 6.54 Å². The van der Waals surface area contributed by atoms with Gasteiger partial charge in [0, 0.05) is 23.5 Å². The number of anilines is 1. The molecule has 3 aromatic heterocycles. The highest BCUT2D eigenvalue weighted by molar-refractivity contribution is 9.10. The van der Waals surface area contributed by atoms with E-state index in [1.807, 2.05) is 18.3 Å². The van der Waals surface area contributed by atoms with E-state index in [2.05, 4.69) is 36.4 Å². The predicted molar refractivity (Wildman–Crippen MR) is 123 cm³/mol. The summed E-state index contributed by atoms with van der Waals surface area (Å²) in [5.74, 6) is -0.371. The van der Waals surface area contributed by atoms with Gasteiger partial charge < -0.3 is 5.32 Å². The summed E-state index contributed by atoms with van der Waals surface area (Å²) in [7, 11) is 0. The van der Waals surface area contributed by atoms with Gasteiger partial charge in [-0.2, -0.15) is 23.4 Å². The molecule has 1 aliphatic carbocycles. The van der Waals surface area contributed by atoms with Gasteiger partial charge in [-0.3, -0.25) is 9.48 Å². The molecular weight excluding hydrogens is 513 g/mol. The van der Waals surface area contributed by atoms with Gasteiger partial charge in [-0.25, -0.2) is 9.67 Å². The molecule has 3 heterocycles. The Labute approximate surface area is 201 Å². The second kappa shape index (κ2) is 8.53. The van der Waals surface area contributed by atoms with E-state index < -0.39 is 17.6 Å². The highest BCUT2D eigenvalue weighted by Crippen LogP contribution is 2.43. The van der Waals surface area contributed by atoms with Crippen LogP contribution in [-0.4, -0.2) is 30.5 Å². The number of nitrogens with one attached hydrogen (secondary N) is 1. The van der Waals surface area contributed by atoms with E-state index in [1.165, 1.54) is 11.6 Å². The molecule has 34 heavy (non-hydrogen) atoms. The molecule has 1 N–H and O–H groups in total. The molecule has 1 saturated carbocycles. The van der Waals surface area contributed by atoms with Gasteiger partial charge in [0.25, 0.3) is 0 Å². The van der Waals surface area contributed by atoms with E-state index in [9.17, 15) is 18.0 Å². The van der Waals surface area contributed by atoms with Crippen LogP contribution < -0.4 is 5.32 Å². The molecule has 0 atom stereocenters. The minimum absolute atomic E-state index is 0.0318. The van der Waals surface area contributed by atoms with Crippen molar-refractivity contribution in [2.45, 2.75) is 44.9 Å². The molecule has 4 aromatic rings. The lowest BCUT2D eigenvalue weighted by Crippen LogP contribution is -2.20. The summed E-state index contributed by atoms with van der Waals surface area (Å²) in [6, 6.07) is 8.41. The number of amides is 1. The molecule has 0 aliphatic heterocycles. The Bertz CT molecular complexity index is 1370. The van der Waals surface area contributed by atoms with Crippen LogP contribution in [0, 0.1) is 6.92 Å². The Morgan fingerprint density at radius 3 is 2.59 bits per heavy atom. The lowest BCUT2D eigenvalue weighted by Gasteiger charge is -2.11. The lowest BCUT2D eigenvalue weighted by molar-refractivity contribution is -0.136. The summed E-state index contributed by atoms with van der Waals surface area (Å²) in [5, 5.41) is 11.1. The van der Waals surface area contributed by atoms with Gasteiger partial charge >= 0.3 is 6.18 Å². The van der Waals surface area contributed by atoms with Gasteiger partial charge in [-0.15, -0.1) is 0 Å². The molecular formula is C23H20BrF3N6O. The van der Waals surface area contributed by atoms with Gasteiger partial charge in [0.05, 0.1) is 33.9 Å². The third kappa shape index (κ3) is 4.70. The SMILES string of the molecule is Cc1nn(CC(=O)Nc2ccc(Cn3cc(Br)cn3)cc2)c2nc(C3CC3)cc(C(F)(F)F)c12. The number of fused-ring (bicyclic) bond motifs is 1. The van der Waals surface area contributed by atoms with E-state index >= 15 is 0 Å². The maximum atomic E-state index is 13.7. The van der Waals surface area contributed by atoms with Gasteiger partial charge in [0.15, 0.2) is 5.65 Å². The van der Waals surface area contributed by atoms with Crippen LogP contribution in [0.3, 0.4) is 0 Å². The Balaban J connectivity index is 1.35. The smallest absolute Gasteiger partial charge is 0.324 e. The first-order chi connectivity index (χ1) is 16.2. The number of nitrogens with zero attached hydrogens (tertiary/aromatic N) is 5. The van der Waals surface area contributed by atoms with Crippen molar-refractivity contribution in [1.29, 1.82) is 0 Å². The topological polar surface area (TPSA) is 77.6 Å². The van der Waals surface area contributed by atoms with E-state index in [-0.39, 0.29) is 29.2 Å². The number of aromatic nitrogens is 5. The number of benzene rings is 1. The van der Waals surface area contributed by atoms with Crippen molar-refractivity contribution in [3.63, 3.8) is 0 Å². The van der Waals surface area contributed by atoms with E-state index in [0.29, 0.717) is 17.9 Å².